The number of hydrogen-bond donors (Lipinski definition) is 1. The van der Waals surface area contributed by atoms with Crippen molar-refractivity contribution in [3.05, 3.63) is 35.9 Å². The Morgan fingerprint density at radius 1 is 1.24 bits per heavy atom. The number of aryl methyl sites for hydroxylation is 1. The van der Waals surface area contributed by atoms with E-state index in [4.69, 9.17) is 0 Å². The van der Waals surface area contributed by atoms with Crippen molar-refractivity contribution in [2.75, 3.05) is 14.1 Å². The summed E-state index contributed by atoms with van der Waals surface area (Å²) in [5.74, 6) is 0.429. The third-order valence-corrected chi connectivity index (χ3v) is 2.74. The van der Waals surface area contributed by atoms with Crippen LogP contribution in [0.25, 0.3) is 0 Å². The first-order chi connectivity index (χ1) is 7.50. The molecule has 0 heterocycles. The van der Waals surface area contributed by atoms with Crippen molar-refractivity contribution in [3.63, 3.8) is 0 Å². The molecule has 0 saturated heterocycles. The minimum atomic E-state index is -0.0385. The smallest absolute Gasteiger partial charge is 0.128 e. The molecule has 1 aromatic rings. The van der Waals surface area contributed by atoms with Gasteiger partial charge < -0.3 is 9.59 Å². The van der Waals surface area contributed by atoms with Crippen molar-refractivity contribution in [3.8, 4) is 5.75 Å². The molecule has 0 bridgehead atoms. The summed E-state index contributed by atoms with van der Waals surface area (Å²) in [4.78, 5) is 0. The van der Waals surface area contributed by atoms with E-state index in [0.29, 0.717) is 10.2 Å². The lowest BCUT2D eigenvalue weighted by atomic mass is 9.84. The van der Waals surface area contributed by atoms with Gasteiger partial charge in [0.2, 0.25) is 0 Å². The second kappa shape index (κ2) is 4.34. The van der Waals surface area contributed by atoms with E-state index in [1.165, 1.54) is 5.56 Å². The van der Waals surface area contributed by atoms with Crippen LogP contribution in [0.4, 0.5) is 0 Å². The third kappa shape index (κ3) is 3.74. The number of quaternary nitrogens is 1. The Balaban J connectivity index is 3.29. The van der Waals surface area contributed by atoms with Gasteiger partial charge in [0.15, 0.2) is 0 Å². The minimum absolute atomic E-state index is 0.0385. The Hall–Kier alpha value is -1.02. The summed E-state index contributed by atoms with van der Waals surface area (Å²) >= 11 is 0. The predicted molar refractivity (Wildman–Crippen MR) is 72.7 cm³/mol. The van der Waals surface area contributed by atoms with Gasteiger partial charge in [-0.2, -0.15) is 0 Å². The number of hydrogen-bond acceptors (Lipinski definition) is 1. The van der Waals surface area contributed by atoms with E-state index in [1.54, 1.807) is 0 Å². The van der Waals surface area contributed by atoms with Crippen LogP contribution in [0.15, 0.2) is 12.1 Å². The molecule has 2 nitrogen and oxygen atoms in total. The van der Waals surface area contributed by atoms with Crippen LogP contribution in [0.1, 0.15) is 37.5 Å². The Morgan fingerprint density at radius 2 is 1.76 bits per heavy atom. The van der Waals surface area contributed by atoms with Gasteiger partial charge in [-0.05, 0) is 24.0 Å². The second-order valence-electron chi connectivity index (χ2n) is 6.66. The highest BCUT2D eigenvalue weighted by Crippen LogP contribution is 2.35. The highest BCUT2D eigenvalue weighted by atomic mass is 16.3. The molecule has 96 valence electrons. The first kappa shape index (κ1) is 14.0. The third-order valence-electron chi connectivity index (χ3n) is 2.74. The Labute approximate surface area is 105 Å². The van der Waals surface area contributed by atoms with Crippen LogP contribution in [-0.4, -0.2) is 23.7 Å². The highest BCUT2D eigenvalue weighted by molar-refractivity contribution is 5.46. The first-order valence-corrected chi connectivity index (χ1v) is 6.01. The van der Waals surface area contributed by atoms with Crippen molar-refractivity contribution in [1.82, 2.24) is 0 Å². The van der Waals surface area contributed by atoms with E-state index in [2.05, 4.69) is 46.9 Å². The van der Waals surface area contributed by atoms with Gasteiger partial charge in [-0.15, -0.1) is 7.05 Å². The number of nitrogens with zero attached hydrogens (tertiary/aromatic N) is 1. The van der Waals surface area contributed by atoms with Crippen LogP contribution < -0.4 is 0 Å². The highest BCUT2D eigenvalue weighted by Gasteiger charge is 2.21. The zero-order valence-corrected chi connectivity index (χ0v) is 12.0. The van der Waals surface area contributed by atoms with Crippen molar-refractivity contribution < 1.29 is 9.59 Å². The maximum Gasteiger partial charge on any atom is 0.128 e. The molecule has 1 aromatic carbocycles. The molecule has 0 spiro atoms. The van der Waals surface area contributed by atoms with Crippen molar-refractivity contribution in [2.45, 2.75) is 39.7 Å². The van der Waals surface area contributed by atoms with E-state index in [0.717, 1.165) is 17.7 Å². The van der Waals surface area contributed by atoms with Crippen molar-refractivity contribution in [1.29, 1.82) is 0 Å². The summed E-state index contributed by atoms with van der Waals surface area (Å²) in [5, 5.41) is 10.4. The molecular formula is C15H25NO. The van der Waals surface area contributed by atoms with E-state index in [-0.39, 0.29) is 5.41 Å². The number of phenolic OH excluding ortho intramolecular Hbond substituents is 1. The molecule has 0 aliphatic carbocycles. The van der Waals surface area contributed by atoms with E-state index in [1.807, 2.05) is 14.1 Å². The molecule has 1 N–H and O–H groups in total. The van der Waals surface area contributed by atoms with Gasteiger partial charge in [0.25, 0.3) is 0 Å². The summed E-state index contributed by atoms with van der Waals surface area (Å²) in [7, 11) is 8.11. The van der Waals surface area contributed by atoms with Gasteiger partial charge in [0.05, 0.1) is 6.54 Å². The SMILES string of the molecule is [CH2-][N+](C)(C)Cc1cc(C)cc(C(C)(C)C)c1O. The molecule has 0 amide bonds. The fourth-order valence-corrected chi connectivity index (χ4v) is 2.01. The van der Waals surface area contributed by atoms with Crippen molar-refractivity contribution in [2.24, 2.45) is 0 Å². The molecule has 0 radical (unpaired) electrons. The number of rotatable bonds is 2. The molecule has 0 saturated carbocycles. The molecule has 0 aromatic heterocycles. The van der Waals surface area contributed by atoms with Crippen LogP contribution in [0.3, 0.4) is 0 Å². The average Bonchev–Trinajstić information content (AvgIpc) is 2.06. The van der Waals surface area contributed by atoms with E-state index >= 15 is 0 Å². The van der Waals surface area contributed by atoms with Gasteiger partial charge in [-0.1, -0.05) is 32.4 Å². The molecular weight excluding hydrogens is 210 g/mol. The van der Waals surface area contributed by atoms with Crippen LogP contribution in [0.5, 0.6) is 5.75 Å². The maximum atomic E-state index is 10.4. The van der Waals surface area contributed by atoms with Gasteiger partial charge >= 0.3 is 0 Å². The standard InChI is InChI=1S/C15H25NO/c1-11-8-12(10-16(5,6)7)14(17)13(9-11)15(2,3)4/h8-9,17H,5,10H2,1-4,6-7H3. The van der Waals surface area contributed by atoms with Gasteiger partial charge in [-0.3, -0.25) is 0 Å². The summed E-state index contributed by atoms with van der Waals surface area (Å²) in [6.07, 6.45) is 0. The van der Waals surface area contributed by atoms with E-state index < -0.39 is 0 Å². The lowest BCUT2D eigenvalue weighted by molar-refractivity contribution is -0.859. The number of benzene rings is 1. The number of phenols is 1. The molecule has 2 heteroatoms. The summed E-state index contributed by atoms with van der Waals surface area (Å²) < 4.78 is 0.570. The van der Waals surface area contributed by atoms with Crippen molar-refractivity contribution >= 4 is 0 Å². The van der Waals surface area contributed by atoms with Crippen LogP contribution >= 0.6 is 0 Å². The number of aromatic hydroxyl groups is 1. The lowest BCUT2D eigenvalue weighted by Gasteiger charge is -2.34. The van der Waals surface area contributed by atoms with Gasteiger partial charge in [0, 0.05) is 19.7 Å². The quantitative estimate of drug-likeness (QED) is 0.615. The second-order valence-corrected chi connectivity index (χ2v) is 6.66. The molecule has 1 rings (SSSR count). The molecule has 0 fully saturated rings. The zero-order valence-electron chi connectivity index (χ0n) is 12.0. The topological polar surface area (TPSA) is 20.2 Å². The average molecular weight is 235 g/mol. The van der Waals surface area contributed by atoms with Crippen LogP contribution in [0, 0.1) is 14.0 Å². The van der Waals surface area contributed by atoms with E-state index in [9.17, 15) is 5.11 Å². The zero-order chi connectivity index (χ0) is 13.4. The maximum absolute atomic E-state index is 10.4. The summed E-state index contributed by atoms with van der Waals surface area (Å²) in [6.45, 7) is 9.16. The Morgan fingerprint density at radius 3 is 2.18 bits per heavy atom. The Bertz CT molecular complexity index is 408. The molecule has 0 atom stereocenters. The fraction of sp³-hybridized carbons (Fsp3) is 0.533. The molecule has 17 heavy (non-hydrogen) atoms. The largest absolute Gasteiger partial charge is 0.507 e. The van der Waals surface area contributed by atoms with Gasteiger partial charge in [-0.25, -0.2) is 0 Å². The molecule has 0 aliphatic heterocycles. The Kier molecular flexibility index (Phi) is 3.58. The van der Waals surface area contributed by atoms with Gasteiger partial charge in [0.1, 0.15) is 5.75 Å². The summed E-state index contributed by atoms with van der Waals surface area (Å²) in [5.41, 5.74) is 3.15. The monoisotopic (exact) mass is 235 g/mol. The lowest BCUT2D eigenvalue weighted by Crippen LogP contribution is -2.31. The molecule has 0 aliphatic rings. The normalized spacial score (nSPS) is 12.9. The molecule has 0 unspecified atom stereocenters. The first-order valence-electron chi connectivity index (χ1n) is 6.01. The van der Waals surface area contributed by atoms with Crippen LogP contribution in [0.2, 0.25) is 0 Å². The fourth-order valence-electron chi connectivity index (χ4n) is 2.01. The minimum Gasteiger partial charge on any atom is -0.507 e. The summed E-state index contributed by atoms with van der Waals surface area (Å²) in [6, 6.07) is 4.12. The van der Waals surface area contributed by atoms with Crippen LogP contribution in [-0.2, 0) is 12.0 Å². The predicted octanol–water partition coefficient (Wildman–Crippen LogP) is 3.37.